The van der Waals surface area contributed by atoms with E-state index in [0.29, 0.717) is 11.6 Å². The van der Waals surface area contributed by atoms with Crippen molar-refractivity contribution in [3.05, 3.63) is 35.9 Å². The van der Waals surface area contributed by atoms with Crippen LogP contribution in [0.25, 0.3) is 0 Å². The quantitative estimate of drug-likeness (QED) is 0.887. The molecular weight excluding hydrogens is 280 g/mol. The minimum atomic E-state index is -3.66. The van der Waals surface area contributed by atoms with E-state index >= 15 is 0 Å². The number of hydrogen-bond acceptors (Lipinski definition) is 5. The van der Waals surface area contributed by atoms with Crippen LogP contribution in [0, 0.1) is 6.92 Å². The van der Waals surface area contributed by atoms with Gasteiger partial charge in [0.05, 0.1) is 13.7 Å². The Kier molecular flexibility index (Phi) is 4.05. The van der Waals surface area contributed by atoms with Crippen LogP contribution < -0.4 is 4.74 Å². The Labute approximate surface area is 117 Å². The summed E-state index contributed by atoms with van der Waals surface area (Å²) in [4.78, 5) is 4.06. The van der Waals surface area contributed by atoms with E-state index in [1.807, 2.05) is 6.92 Å². The van der Waals surface area contributed by atoms with Gasteiger partial charge in [-0.15, -0.1) is 0 Å². The molecule has 0 saturated carbocycles. The maximum absolute atomic E-state index is 12.6. The van der Waals surface area contributed by atoms with Gasteiger partial charge in [-0.05, 0) is 24.6 Å². The van der Waals surface area contributed by atoms with Crippen molar-refractivity contribution in [1.82, 2.24) is 19.5 Å². The van der Waals surface area contributed by atoms with Gasteiger partial charge in [0, 0.05) is 7.05 Å². The van der Waals surface area contributed by atoms with Crippen LogP contribution in [0.4, 0.5) is 0 Å². The van der Waals surface area contributed by atoms with Gasteiger partial charge in [0.1, 0.15) is 22.8 Å². The molecule has 2 rings (SSSR count). The van der Waals surface area contributed by atoms with E-state index in [9.17, 15) is 8.42 Å². The van der Waals surface area contributed by atoms with Crippen LogP contribution in [0.3, 0.4) is 0 Å². The summed E-state index contributed by atoms with van der Waals surface area (Å²) >= 11 is 0. The molecule has 1 heterocycles. The highest BCUT2D eigenvalue weighted by Crippen LogP contribution is 2.27. The van der Waals surface area contributed by atoms with E-state index in [2.05, 4.69) is 15.2 Å². The first-order valence-corrected chi connectivity index (χ1v) is 7.34. The number of hydrogen-bond donors (Lipinski definition) is 1. The molecule has 108 valence electrons. The molecule has 0 radical (unpaired) electrons. The van der Waals surface area contributed by atoms with Crippen LogP contribution in [0.15, 0.2) is 29.4 Å². The van der Waals surface area contributed by atoms with Crippen molar-refractivity contribution >= 4 is 10.0 Å². The second-order valence-electron chi connectivity index (χ2n) is 4.35. The summed E-state index contributed by atoms with van der Waals surface area (Å²) in [6.07, 6.45) is 1.34. The number of nitrogens with one attached hydrogen (secondary N) is 1. The van der Waals surface area contributed by atoms with Crippen molar-refractivity contribution < 1.29 is 13.2 Å². The number of sulfonamides is 1. The van der Waals surface area contributed by atoms with Crippen molar-refractivity contribution in [3.8, 4) is 5.75 Å². The van der Waals surface area contributed by atoms with Crippen molar-refractivity contribution in [2.45, 2.75) is 18.4 Å². The van der Waals surface area contributed by atoms with Crippen molar-refractivity contribution in [1.29, 1.82) is 0 Å². The Morgan fingerprint density at radius 1 is 1.40 bits per heavy atom. The number of rotatable bonds is 5. The lowest BCUT2D eigenvalue weighted by Gasteiger charge is -2.18. The van der Waals surface area contributed by atoms with Crippen molar-refractivity contribution in [3.63, 3.8) is 0 Å². The third-order valence-corrected chi connectivity index (χ3v) is 4.67. The van der Waals surface area contributed by atoms with Gasteiger partial charge in [0.25, 0.3) is 0 Å². The zero-order chi connectivity index (χ0) is 14.8. The molecule has 1 N–H and O–H groups in total. The van der Waals surface area contributed by atoms with Crippen molar-refractivity contribution in [2.75, 3.05) is 14.2 Å². The van der Waals surface area contributed by atoms with Crippen LogP contribution >= 0.6 is 0 Å². The molecule has 20 heavy (non-hydrogen) atoms. The molecule has 0 spiro atoms. The highest BCUT2D eigenvalue weighted by molar-refractivity contribution is 7.89. The van der Waals surface area contributed by atoms with Gasteiger partial charge in [0.15, 0.2) is 0 Å². The maximum Gasteiger partial charge on any atom is 0.246 e. The normalized spacial score (nSPS) is 11.8. The Morgan fingerprint density at radius 3 is 2.75 bits per heavy atom. The summed E-state index contributed by atoms with van der Waals surface area (Å²) in [5.74, 6) is 0.794. The predicted molar refractivity (Wildman–Crippen MR) is 72.8 cm³/mol. The van der Waals surface area contributed by atoms with Crippen LogP contribution in [0.2, 0.25) is 0 Å². The van der Waals surface area contributed by atoms with Gasteiger partial charge < -0.3 is 4.74 Å². The first-order valence-electron chi connectivity index (χ1n) is 5.90. The second kappa shape index (κ2) is 5.59. The summed E-state index contributed by atoms with van der Waals surface area (Å²) in [5, 5.41) is 6.33. The molecular formula is C12H16N4O3S. The fraction of sp³-hybridized carbons (Fsp3) is 0.333. The fourth-order valence-corrected chi connectivity index (χ4v) is 3.12. The van der Waals surface area contributed by atoms with Gasteiger partial charge in [-0.1, -0.05) is 6.07 Å². The summed E-state index contributed by atoms with van der Waals surface area (Å²) in [6, 6.07) is 5.03. The lowest BCUT2D eigenvalue weighted by Crippen LogP contribution is -2.27. The minimum absolute atomic E-state index is 0.111. The summed E-state index contributed by atoms with van der Waals surface area (Å²) in [5.41, 5.74) is 0.845. The molecule has 0 aliphatic rings. The smallest absolute Gasteiger partial charge is 0.246 e. The molecule has 0 aliphatic carbocycles. The number of benzene rings is 1. The van der Waals surface area contributed by atoms with Crippen molar-refractivity contribution in [2.24, 2.45) is 0 Å². The predicted octanol–water partition coefficient (Wildman–Crippen LogP) is 0.942. The molecule has 8 heteroatoms. The van der Waals surface area contributed by atoms with E-state index in [1.165, 1.54) is 24.8 Å². The van der Waals surface area contributed by atoms with Crippen LogP contribution in [0.5, 0.6) is 5.75 Å². The number of aryl methyl sites for hydroxylation is 1. The molecule has 0 saturated heterocycles. The van der Waals surface area contributed by atoms with Gasteiger partial charge in [-0.25, -0.2) is 13.4 Å². The van der Waals surface area contributed by atoms with E-state index < -0.39 is 10.0 Å². The zero-order valence-electron chi connectivity index (χ0n) is 11.5. The average Bonchev–Trinajstić information content (AvgIpc) is 2.91. The third-order valence-electron chi connectivity index (χ3n) is 2.84. The molecule has 0 unspecified atom stereocenters. The van der Waals surface area contributed by atoms with E-state index in [-0.39, 0.29) is 11.4 Å². The number of aromatic nitrogens is 3. The molecule has 0 aliphatic heterocycles. The fourth-order valence-electron chi connectivity index (χ4n) is 1.76. The Bertz CT molecular complexity index is 683. The average molecular weight is 296 g/mol. The third kappa shape index (κ3) is 2.81. The standard InChI is InChI=1S/C12H16N4O3S/c1-9-4-5-10(19-3)11(6-9)20(17,18)16(2)7-12-13-8-14-15-12/h4-6,8H,7H2,1-3H3,(H,13,14,15). The van der Waals surface area contributed by atoms with Crippen LogP contribution in [0.1, 0.15) is 11.4 Å². The second-order valence-corrected chi connectivity index (χ2v) is 6.36. The van der Waals surface area contributed by atoms with Crippen LogP contribution in [-0.2, 0) is 16.6 Å². The van der Waals surface area contributed by atoms with Gasteiger partial charge in [-0.2, -0.15) is 9.40 Å². The molecule has 1 aromatic carbocycles. The number of methoxy groups -OCH3 is 1. The van der Waals surface area contributed by atoms with E-state index in [1.54, 1.807) is 18.2 Å². The summed E-state index contributed by atoms with van der Waals surface area (Å²) < 4.78 is 31.5. The molecule has 0 amide bonds. The summed E-state index contributed by atoms with van der Waals surface area (Å²) in [6.45, 7) is 1.94. The molecule has 1 aromatic heterocycles. The molecule has 0 atom stereocenters. The molecule has 0 fully saturated rings. The van der Waals surface area contributed by atoms with Gasteiger partial charge in [-0.3, -0.25) is 5.10 Å². The Morgan fingerprint density at radius 2 is 2.15 bits per heavy atom. The lowest BCUT2D eigenvalue weighted by atomic mass is 10.2. The lowest BCUT2D eigenvalue weighted by molar-refractivity contribution is 0.396. The van der Waals surface area contributed by atoms with E-state index in [4.69, 9.17) is 4.74 Å². The highest BCUT2D eigenvalue weighted by Gasteiger charge is 2.25. The summed E-state index contributed by atoms with van der Waals surface area (Å²) in [7, 11) is -0.729. The monoisotopic (exact) mass is 296 g/mol. The Hall–Kier alpha value is -1.93. The Balaban J connectivity index is 2.36. The SMILES string of the molecule is COc1ccc(C)cc1S(=O)(=O)N(C)Cc1ncn[nH]1. The topological polar surface area (TPSA) is 88.2 Å². The largest absolute Gasteiger partial charge is 0.495 e. The minimum Gasteiger partial charge on any atom is -0.495 e. The molecule has 2 aromatic rings. The number of ether oxygens (including phenoxy) is 1. The van der Waals surface area contributed by atoms with E-state index in [0.717, 1.165) is 5.56 Å². The molecule has 7 nitrogen and oxygen atoms in total. The zero-order valence-corrected chi connectivity index (χ0v) is 12.3. The number of H-pyrrole nitrogens is 1. The molecule has 0 bridgehead atoms. The van der Waals surface area contributed by atoms with Gasteiger partial charge in [0.2, 0.25) is 10.0 Å². The highest BCUT2D eigenvalue weighted by atomic mass is 32.2. The first kappa shape index (κ1) is 14.5. The van der Waals surface area contributed by atoms with Gasteiger partial charge >= 0.3 is 0 Å². The number of nitrogens with zero attached hydrogens (tertiary/aromatic N) is 3. The number of aromatic amines is 1. The van der Waals surface area contributed by atoms with Crippen LogP contribution in [-0.4, -0.2) is 42.1 Å². The maximum atomic E-state index is 12.6. The first-order chi connectivity index (χ1) is 9.45.